The summed E-state index contributed by atoms with van der Waals surface area (Å²) in [5, 5.41) is 3.43. The Morgan fingerprint density at radius 3 is 2.39 bits per heavy atom. The predicted octanol–water partition coefficient (Wildman–Crippen LogP) is 6.20. The molecule has 36 heavy (non-hydrogen) atoms. The van der Waals surface area contributed by atoms with E-state index in [0.29, 0.717) is 23.7 Å². The number of rotatable bonds is 11. The summed E-state index contributed by atoms with van der Waals surface area (Å²) in [7, 11) is 0. The van der Waals surface area contributed by atoms with E-state index in [4.69, 9.17) is 16.3 Å². The van der Waals surface area contributed by atoms with Gasteiger partial charge in [-0.1, -0.05) is 96.0 Å². The molecule has 0 bridgehead atoms. The highest BCUT2D eigenvalue weighted by molar-refractivity contribution is 9.10. The van der Waals surface area contributed by atoms with Crippen LogP contribution in [0, 0.1) is 12.8 Å². The maximum Gasteiger partial charge on any atom is 0.261 e. The molecule has 2 amide bonds. The van der Waals surface area contributed by atoms with Gasteiger partial charge < -0.3 is 15.0 Å². The number of carbonyl (C=O) groups excluding carboxylic acids is 2. The summed E-state index contributed by atoms with van der Waals surface area (Å²) in [6.45, 7) is 6.66. The Morgan fingerprint density at radius 1 is 1.03 bits per heavy atom. The Morgan fingerprint density at radius 2 is 1.72 bits per heavy atom. The van der Waals surface area contributed by atoms with Gasteiger partial charge in [-0.15, -0.1) is 0 Å². The first-order valence-corrected chi connectivity index (χ1v) is 13.1. The molecule has 3 aromatic carbocycles. The summed E-state index contributed by atoms with van der Waals surface area (Å²) in [5.74, 6) is 0.219. The standard InChI is InChI=1S/C29H32BrClN2O3/c1-20(2)17-32-29(35)26(15-22-10-5-4-6-11-22)33(18-23-12-8-7-9-21(23)3)28(34)19-36-27-14-13-24(30)16-25(27)31/h4-14,16,20,26H,15,17-19H2,1-3H3,(H,32,35)/t26-/m1/s1. The maximum atomic E-state index is 13.7. The number of benzene rings is 3. The van der Waals surface area contributed by atoms with E-state index in [9.17, 15) is 9.59 Å². The Kier molecular flexibility index (Phi) is 10.4. The monoisotopic (exact) mass is 570 g/mol. The normalized spacial score (nSPS) is 11.7. The van der Waals surface area contributed by atoms with Crippen molar-refractivity contribution in [3.05, 3.63) is 99.0 Å². The van der Waals surface area contributed by atoms with Crippen LogP contribution in [0.25, 0.3) is 0 Å². The van der Waals surface area contributed by atoms with E-state index in [2.05, 4.69) is 21.2 Å². The highest BCUT2D eigenvalue weighted by Crippen LogP contribution is 2.28. The average molecular weight is 572 g/mol. The summed E-state index contributed by atoms with van der Waals surface area (Å²) in [4.78, 5) is 28.7. The number of hydrogen-bond acceptors (Lipinski definition) is 3. The quantitative estimate of drug-likeness (QED) is 0.298. The largest absolute Gasteiger partial charge is 0.482 e. The van der Waals surface area contributed by atoms with Gasteiger partial charge in [-0.3, -0.25) is 9.59 Å². The minimum absolute atomic E-state index is 0.184. The van der Waals surface area contributed by atoms with Crippen molar-refractivity contribution in [3.63, 3.8) is 0 Å². The second-order valence-corrected chi connectivity index (χ2v) is 10.5. The lowest BCUT2D eigenvalue weighted by molar-refractivity contribution is -0.142. The van der Waals surface area contributed by atoms with Crippen LogP contribution < -0.4 is 10.1 Å². The fraction of sp³-hybridized carbons (Fsp3) is 0.310. The number of nitrogens with one attached hydrogen (secondary N) is 1. The number of halogens is 2. The van der Waals surface area contributed by atoms with Crippen molar-refractivity contribution in [2.24, 2.45) is 5.92 Å². The van der Waals surface area contributed by atoms with Gasteiger partial charge in [0.2, 0.25) is 5.91 Å². The van der Waals surface area contributed by atoms with Crippen molar-refractivity contribution in [1.82, 2.24) is 10.2 Å². The van der Waals surface area contributed by atoms with Gasteiger partial charge in [-0.2, -0.15) is 0 Å². The molecule has 3 rings (SSSR count). The van der Waals surface area contributed by atoms with Crippen LogP contribution in [0.5, 0.6) is 5.75 Å². The van der Waals surface area contributed by atoms with E-state index < -0.39 is 6.04 Å². The smallest absolute Gasteiger partial charge is 0.261 e. The molecule has 5 nitrogen and oxygen atoms in total. The predicted molar refractivity (Wildman–Crippen MR) is 148 cm³/mol. The molecular weight excluding hydrogens is 540 g/mol. The summed E-state index contributed by atoms with van der Waals surface area (Å²) in [6, 6.07) is 22.1. The summed E-state index contributed by atoms with van der Waals surface area (Å²) >= 11 is 9.67. The molecule has 0 aliphatic heterocycles. The molecule has 1 N–H and O–H groups in total. The number of ether oxygens (including phenoxy) is 1. The van der Waals surface area contributed by atoms with Crippen molar-refractivity contribution in [1.29, 1.82) is 0 Å². The molecule has 0 aliphatic carbocycles. The molecular formula is C29H32BrClN2O3. The Balaban J connectivity index is 1.92. The first-order valence-electron chi connectivity index (χ1n) is 12.0. The molecule has 0 fully saturated rings. The van der Waals surface area contributed by atoms with Crippen molar-refractivity contribution in [2.75, 3.05) is 13.2 Å². The van der Waals surface area contributed by atoms with Crippen LogP contribution in [0.3, 0.4) is 0 Å². The number of amides is 2. The van der Waals surface area contributed by atoms with Crippen molar-refractivity contribution >= 4 is 39.3 Å². The molecule has 7 heteroatoms. The number of nitrogens with zero attached hydrogens (tertiary/aromatic N) is 1. The van der Waals surface area contributed by atoms with Crippen LogP contribution in [0.15, 0.2) is 77.3 Å². The second-order valence-electron chi connectivity index (χ2n) is 9.16. The summed E-state index contributed by atoms with van der Waals surface area (Å²) in [5.41, 5.74) is 3.00. The zero-order valence-corrected chi connectivity index (χ0v) is 23.2. The summed E-state index contributed by atoms with van der Waals surface area (Å²) < 4.78 is 6.62. The van der Waals surface area contributed by atoms with Gasteiger partial charge in [0, 0.05) is 24.0 Å². The fourth-order valence-electron chi connectivity index (χ4n) is 3.76. The molecule has 1 atom stereocenters. The van der Waals surface area contributed by atoms with Crippen LogP contribution in [0.2, 0.25) is 5.02 Å². The van der Waals surface area contributed by atoms with Crippen LogP contribution >= 0.6 is 27.5 Å². The summed E-state index contributed by atoms with van der Waals surface area (Å²) in [6.07, 6.45) is 0.390. The molecule has 0 saturated heterocycles. The fourth-order valence-corrected chi connectivity index (χ4v) is 4.49. The first kappa shape index (κ1) is 27.8. The van der Waals surface area contributed by atoms with Crippen molar-refractivity contribution < 1.29 is 14.3 Å². The molecule has 3 aromatic rings. The molecule has 190 valence electrons. The second kappa shape index (κ2) is 13.5. The van der Waals surface area contributed by atoms with Gasteiger partial charge in [0.25, 0.3) is 5.91 Å². The third kappa shape index (κ3) is 8.10. The van der Waals surface area contributed by atoms with Crippen LogP contribution in [-0.2, 0) is 22.6 Å². The lowest BCUT2D eigenvalue weighted by Crippen LogP contribution is -2.52. The van der Waals surface area contributed by atoms with E-state index in [1.54, 1.807) is 23.1 Å². The molecule has 0 aromatic heterocycles. The zero-order chi connectivity index (χ0) is 26.1. The van der Waals surface area contributed by atoms with Gasteiger partial charge in [0.15, 0.2) is 6.61 Å². The minimum Gasteiger partial charge on any atom is -0.482 e. The minimum atomic E-state index is -0.706. The van der Waals surface area contributed by atoms with E-state index >= 15 is 0 Å². The highest BCUT2D eigenvalue weighted by Gasteiger charge is 2.31. The van der Waals surface area contributed by atoms with Gasteiger partial charge in [0.05, 0.1) is 5.02 Å². The molecule has 0 saturated carbocycles. The molecule has 0 radical (unpaired) electrons. The molecule has 0 spiro atoms. The Labute approximate surface area is 226 Å². The molecule has 0 aliphatic rings. The van der Waals surface area contributed by atoms with Crippen LogP contribution in [0.1, 0.15) is 30.5 Å². The van der Waals surface area contributed by atoms with Crippen LogP contribution in [0.4, 0.5) is 0 Å². The topological polar surface area (TPSA) is 58.6 Å². The lowest BCUT2D eigenvalue weighted by atomic mass is 10.0. The van der Waals surface area contributed by atoms with E-state index in [0.717, 1.165) is 21.2 Å². The number of hydrogen-bond donors (Lipinski definition) is 1. The van der Waals surface area contributed by atoms with E-state index in [1.165, 1.54) is 0 Å². The zero-order valence-electron chi connectivity index (χ0n) is 20.8. The maximum absolute atomic E-state index is 13.7. The first-order chi connectivity index (χ1) is 17.2. The molecule has 0 heterocycles. The van der Waals surface area contributed by atoms with Crippen molar-refractivity contribution in [3.8, 4) is 5.75 Å². The number of carbonyl (C=O) groups is 2. The highest BCUT2D eigenvalue weighted by atomic mass is 79.9. The van der Waals surface area contributed by atoms with Gasteiger partial charge in [-0.25, -0.2) is 0 Å². The van der Waals surface area contributed by atoms with Gasteiger partial charge in [-0.05, 0) is 47.7 Å². The van der Waals surface area contributed by atoms with Gasteiger partial charge in [0.1, 0.15) is 11.8 Å². The third-order valence-corrected chi connectivity index (χ3v) is 6.59. The van der Waals surface area contributed by atoms with Crippen molar-refractivity contribution in [2.45, 2.75) is 39.8 Å². The Hall–Kier alpha value is -2.83. The third-order valence-electron chi connectivity index (χ3n) is 5.80. The van der Waals surface area contributed by atoms with E-state index in [1.807, 2.05) is 75.4 Å². The van der Waals surface area contributed by atoms with E-state index in [-0.39, 0.29) is 30.9 Å². The average Bonchev–Trinajstić information content (AvgIpc) is 2.85. The number of aryl methyl sites for hydroxylation is 1. The lowest BCUT2D eigenvalue weighted by Gasteiger charge is -2.32. The molecule has 0 unspecified atom stereocenters. The van der Waals surface area contributed by atoms with Crippen LogP contribution in [-0.4, -0.2) is 35.9 Å². The Bertz CT molecular complexity index is 1170. The van der Waals surface area contributed by atoms with Gasteiger partial charge >= 0.3 is 0 Å². The SMILES string of the molecule is Cc1ccccc1CN(C(=O)COc1ccc(Br)cc1Cl)[C@H](Cc1ccccc1)C(=O)NCC(C)C.